The van der Waals surface area contributed by atoms with Crippen molar-refractivity contribution in [1.29, 1.82) is 0 Å². The molecule has 1 heterocycles. The predicted molar refractivity (Wildman–Crippen MR) is 91.6 cm³/mol. The standard InChI is InChI=1S/C18H24N2O5/c1-12-8-9-15(24-12)10-11-16(21)25-13(2)17(22)20-18(23)19-14-6-4-3-5-7-14/h8-11,13-14H,3-7H2,1-2H3,(H2,19,20,22,23). The van der Waals surface area contributed by atoms with Crippen molar-refractivity contribution in [3.63, 3.8) is 0 Å². The number of hydrogen-bond acceptors (Lipinski definition) is 5. The Morgan fingerprint density at radius 3 is 2.60 bits per heavy atom. The number of urea groups is 1. The molecule has 1 unspecified atom stereocenters. The number of aryl methyl sites for hydroxylation is 1. The summed E-state index contributed by atoms with van der Waals surface area (Å²) in [4.78, 5) is 35.4. The highest BCUT2D eigenvalue weighted by atomic mass is 16.5. The van der Waals surface area contributed by atoms with Gasteiger partial charge in [-0.1, -0.05) is 19.3 Å². The summed E-state index contributed by atoms with van der Waals surface area (Å²) in [6.07, 6.45) is 6.72. The number of ether oxygens (including phenoxy) is 1. The molecule has 1 aliphatic rings. The van der Waals surface area contributed by atoms with Crippen molar-refractivity contribution in [3.8, 4) is 0 Å². The lowest BCUT2D eigenvalue weighted by Gasteiger charge is -2.23. The predicted octanol–water partition coefficient (Wildman–Crippen LogP) is 2.69. The molecule has 3 amide bonds. The van der Waals surface area contributed by atoms with E-state index in [0.29, 0.717) is 5.76 Å². The Hall–Kier alpha value is -2.57. The van der Waals surface area contributed by atoms with Gasteiger partial charge in [0.15, 0.2) is 6.10 Å². The summed E-state index contributed by atoms with van der Waals surface area (Å²) in [5, 5.41) is 4.97. The second-order valence-corrected chi connectivity index (χ2v) is 6.16. The van der Waals surface area contributed by atoms with Crippen LogP contribution in [-0.4, -0.2) is 30.1 Å². The Morgan fingerprint density at radius 1 is 1.24 bits per heavy atom. The minimum absolute atomic E-state index is 0.0964. The molecule has 25 heavy (non-hydrogen) atoms. The fourth-order valence-electron chi connectivity index (χ4n) is 2.64. The van der Waals surface area contributed by atoms with Gasteiger partial charge in [0.25, 0.3) is 5.91 Å². The van der Waals surface area contributed by atoms with E-state index in [4.69, 9.17) is 9.15 Å². The second-order valence-electron chi connectivity index (χ2n) is 6.16. The van der Waals surface area contributed by atoms with Gasteiger partial charge in [0.1, 0.15) is 11.5 Å². The molecule has 1 atom stereocenters. The second kappa shape index (κ2) is 9.05. The highest BCUT2D eigenvalue weighted by Crippen LogP contribution is 2.17. The van der Waals surface area contributed by atoms with Gasteiger partial charge in [-0.3, -0.25) is 10.1 Å². The summed E-state index contributed by atoms with van der Waals surface area (Å²) in [6, 6.07) is 3.03. The topological polar surface area (TPSA) is 97.6 Å². The minimum Gasteiger partial charge on any atom is -0.462 e. The number of rotatable bonds is 5. The van der Waals surface area contributed by atoms with Gasteiger partial charge in [0, 0.05) is 12.1 Å². The summed E-state index contributed by atoms with van der Waals surface area (Å²) in [5.74, 6) is -0.114. The Balaban J connectivity index is 1.74. The fraction of sp³-hybridized carbons (Fsp3) is 0.500. The normalized spacial score (nSPS) is 16.4. The lowest BCUT2D eigenvalue weighted by atomic mass is 9.96. The number of amides is 3. The van der Waals surface area contributed by atoms with Crippen molar-refractivity contribution >= 4 is 24.0 Å². The molecule has 7 heteroatoms. The summed E-state index contributed by atoms with van der Waals surface area (Å²) in [7, 11) is 0. The number of carbonyl (C=O) groups is 3. The van der Waals surface area contributed by atoms with Gasteiger partial charge in [0.2, 0.25) is 0 Å². The van der Waals surface area contributed by atoms with Gasteiger partial charge >= 0.3 is 12.0 Å². The van der Waals surface area contributed by atoms with Crippen LogP contribution in [0.3, 0.4) is 0 Å². The first-order valence-corrected chi connectivity index (χ1v) is 8.50. The van der Waals surface area contributed by atoms with Crippen LogP contribution in [0.15, 0.2) is 22.6 Å². The van der Waals surface area contributed by atoms with Crippen LogP contribution >= 0.6 is 0 Å². The molecule has 0 bridgehead atoms. The SMILES string of the molecule is Cc1ccc(C=CC(=O)OC(C)C(=O)NC(=O)NC2CCCCC2)o1. The smallest absolute Gasteiger partial charge is 0.331 e. The lowest BCUT2D eigenvalue weighted by molar-refractivity contribution is -0.149. The van der Waals surface area contributed by atoms with Crippen LogP contribution in [0.4, 0.5) is 4.79 Å². The van der Waals surface area contributed by atoms with Crippen molar-refractivity contribution in [2.75, 3.05) is 0 Å². The quantitative estimate of drug-likeness (QED) is 0.630. The van der Waals surface area contributed by atoms with Crippen LogP contribution in [0.25, 0.3) is 6.08 Å². The molecule has 0 spiro atoms. The van der Waals surface area contributed by atoms with Gasteiger partial charge in [0.05, 0.1) is 0 Å². The molecule has 0 saturated heterocycles. The van der Waals surface area contributed by atoms with Crippen molar-refractivity contribution in [2.45, 2.75) is 58.1 Å². The maximum absolute atomic E-state index is 11.9. The van der Waals surface area contributed by atoms with Crippen LogP contribution in [0, 0.1) is 6.92 Å². The first-order chi connectivity index (χ1) is 11.9. The Morgan fingerprint density at radius 2 is 1.96 bits per heavy atom. The average Bonchev–Trinajstić information content (AvgIpc) is 2.99. The third-order valence-electron chi connectivity index (χ3n) is 3.98. The molecule has 0 radical (unpaired) electrons. The molecule has 1 aromatic heterocycles. The average molecular weight is 348 g/mol. The monoisotopic (exact) mass is 348 g/mol. The van der Waals surface area contributed by atoms with Gasteiger partial charge in [-0.2, -0.15) is 0 Å². The molecule has 136 valence electrons. The van der Waals surface area contributed by atoms with E-state index in [1.165, 1.54) is 25.5 Å². The van der Waals surface area contributed by atoms with Gasteiger partial charge in [-0.25, -0.2) is 9.59 Å². The maximum Gasteiger partial charge on any atom is 0.331 e. The molecule has 2 rings (SSSR count). The Kier molecular flexibility index (Phi) is 6.80. The summed E-state index contributed by atoms with van der Waals surface area (Å²) < 4.78 is 10.3. The van der Waals surface area contributed by atoms with Crippen LogP contribution in [0.1, 0.15) is 50.5 Å². The van der Waals surface area contributed by atoms with E-state index in [-0.39, 0.29) is 6.04 Å². The zero-order chi connectivity index (χ0) is 18.2. The Bertz CT molecular complexity index is 644. The molecule has 1 aromatic rings. The Labute approximate surface area is 146 Å². The highest BCUT2D eigenvalue weighted by molar-refractivity contribution is 5.98. The third kappa shape index (κ3) is 6.45. The number of nitrogens with one attached hydrogen (secondary N) is 2. The number of furan rings is 1. The number of carbonyl (C=O) groups excluding carboxylic acids is 3. The minimum atomic E-state index is -1.08. The van der Waals surface area contributed by atoms with Crippen molar-refractivity contribution in [2.24, 2.45) is 0 Å². The molecular weight excluding hydrogens is 324 g/mol. The van der Waals surface area contributed by atoms with Crippen LogP contribution < -0.4 is 10.6 Å². The fourth-order valence-corrected chi connectivity index (χ4v) is 2.64. The van der Waals surface area contributed by atoms with Crippen LogP contribution in [0.5, 0.6) is 0 Å². The molecule has 2 N–H and O–H groups in total. The number of hydrogen-bond donors (Lipinski definition) is 2. The summed E-state index contributed by atoms with van der Waals surface area (Å²) in [5.41, 5.74) is 0. The van der Waals surface area contributed by atoms with E-state index in [2.05, 4.69) is 10.6 Å². The van der Waals surface area contributed by atoms with E-state index in [0.717, 1.165) is 31.4 Å². The molecule has 7 nitrogen and oxygen atoms in total. The first kappa shape index (κ1) is 18.8. The van der Waals surface area contributed by atoms with Gasteiger partial charge in [-0.15, -0.1) is 0 Å². The largest absolute Gasteiger partial charge is 0.462 e. The van der Waals surface area contributed by atoms with Crippen LogP contribution in [0.2, 0.25) is 0 Å². The molecule has 1 aliphatic carbocycles. The molecular formula is C18H24N2O5. The van der Waals surface area contributed by atoms with Crippen molar-refractivity contribution in [3.05, 3.63) is 29.7 Å². The number of imide groups is 1. The zero-order valence-corrected chi connectivity index (χ0v) is 14.5. The van der Waals surface area contributed by atoms with E-state index in [9.17, 15) is 14.4 Å². The van der Waals surface area contributed by atoms with E-state index in [1.807, 2.05) is 0 Å². The van der Waals surface area contributed by atoms with E-state index >= 15 is 0 Å². The lowest BCUT2D eigenvalue weighted by Crippen LogP contribution is -2.48. The van der Waals surface area contributed by atoms with Gasteiger partial charge < -0.3 is 14.5 Å². The zero-order valence-electron chi connectivity index (χ0n) is 14.5. The first-order valence-electron chi connectivity index (χ1n) is 8.50. The molecule has 0 aliphatic heterocycles. The van der Waals surface area contributed by atoms with E-state index in [1.54, 1.807) is 19.1 Å². The van der Waals surface area contributed by atoms with Crippen LogP contribution in [-0.2, 0) is 14.3 Å². The number of esters is 1. The summed E-state index contributed by atoms with van der Waals surface area (Å²) >= 11 is 0. The van der Waals surface area contributed by atoms with Gasteiger partial charge in [-0.05, 0) is 44.9 Å². The van der Waals surface area contributed by atoms with Crippen molar-refractivity contribution < 1.29 is 23.5 Å². The van der Waals surface area contributed by atoms with Crippen molar-refractivity contribution in [1.82, 2.24) is 10.6 Å². The maximum atomic E-state index is 11.9. The highest BCUT2D eigenvalue weighted by Gasteiger charge is 2.21. The molecule has 0 aromatic carbocycles. The third-order valence-corrected chi connectivity index (χ3v) is 3.98. The molecule has 1 fully saturated rings. The van der Waals surface area contributed by atoms with E-state index < -0.39 is 24.0 Å². The summed E-state index contributed by atoms with van der Waals surface area (Å²) in [6.45, 7) is 3.20. The molecule has 1 saturated carbocycles.